The minimum Gasteiger partial charge on any atom is -0.352 e. The van der Waals surface area contributed by atoms with Crippen molar-refractivity contribution in [2.75, 3.05) is 13.6 Å². The first-order valence-electron chi connectivity index (χ1n) is 7.11. The fourth-order valence-electron chi connectivity index (χ4n) is 1.86. The van der Waals surface area contributed by atoms with E-state index in [1.54, 1.807) is 0 Å². The molecule has 1 aromatic rings. The van der Waals surface area contributed by atoms with Gasteiger partial charge in [0.2, 0.25) is 11.8 Å². The van der Waals surface area contributed by atoms with Crippen LogP contribution in [0.5, 0.6) is 0 Å². The molecular weight excluding hydrogens is 287 g/mol. The van der Waals surface area contributed by atoms with Crippen LogP contribution in [0.25, 0.3) is 0 Å². The van der Waals surface area contributed by atoms with E-state index < -0.39 is 5.82 Å². The Labute approximate surface area is 129 Å². The van der Waals surface area contributed by atoms with Crippen LogP contribution in [0.3, 0.4) is 0 Å². The van der Waals surface area contributed by atoms with Crippen LogP contribution in [0.15, 0.2) is 24.3 Å². The molecule has 0 aliphatic rings. The van der Waals surface area contributed by atoms with Crippen LogP contribution in [0.4, 0.5) is 4.39 Å². The SMILES string of the molecule is CC(C)NC(=O)CN(C)C(=O)CCC(=O)c1ccc(F)cc1. The highest BCUT2D eigenvalue weighted by Crippen LogP contribution is 2.08. The Morgan fingerprint density at radius 3 is 2.27 bits per heavy atom. The molecule has 1 aromatic carbocycles. The summed E-state index contributed by atoms with van der Waals surface area (Å²) in [5, 5.41) is 2.69. The van der Waals surface area contributed by atoms with Crippen LogP contribution < -0.4 is 5.32 Å². The van der Waals surface area contributed by atoms with E-state index >= 15 is 0 Å². The largest absolute Gasteiger partial charge is 0.352 e. The van der Waals surface area contributed by atoms with E-state index in [2.05, 4.69) is 5.32 Å². The van der Waals surface area contributed by atoms with Crippen LogP contribution >= 0.6 is 0 Å². The zero-order valence-corrected chi connectivity index (χ0v) is 13.1. The van der Waals surface area contributed by atoms with E-state index in [1.165, 1.54) is 36.2 Å². The predicted molar refractivity (Wildman–Crippen MR) is 80.9 cm³/mol. The van der Waals surface area contributed by atoms with Gasteiger partial charge in [-0.05, 0) is 38.1 Å². The third-order valence-corrected chi connectivity index (χ3v) is 2.99. The number of rotatable bonds is 7. The standard InChI is InChI=1S/C16H21FN2O3/c1-11(2)18-15(21)10-19(3)16(22)9-8-14(20)12-4-6-13(17)7-5-12/h4-7,11H,8-10H2,1-3H3,(H,18,21). The summed E-state index contributed by atoms with van der Waals surface area (Å²) in [6.45, 7) is 3.63. The number of nitrogens with one attached hydrogen (secondary N) is 1. The molecule has 0 fully saturated rings. The topological polar surface area (TPSA) is 66.5 Å². The van der Waals surface area contributed by atoms with Gasteiger partial charge in [-0.25, -0.2) is 4.39 Å². The summed E-state index contributed by atoms with van der Waals surface area (Å²) >= 11 is 0. The van der Waals surface area contributed by atoms with Crippen LogP contribution in [0, 0.1) is 5.82 Å². The summed E-state index contributed by atoms with van der Waals surface area (Å²) < 4.78 is 12.8. The van der Waals surface area contributed by atoms with Crippen molar-refractivity contribution in [1.29, 1.82) is 0 Å². The molecule has 120 valence electrons. The smallest absolute Gasteiger partial charge is 0.239 e. The Hall–Kier alpha value is -2.24. The van der Waals surface area contributed by atoms with Crippen molar-refractivity contribution in [3.63, 3.8) is 0 Å². The van der Waals surface area contributed by atoms with Gasteiger partial charge in [0.25, 0.3) is 0 Å². The van der Waals surface area contributed by atoms with Crippen molar-refractivity contribution in [3.8, 4) is 0 Å². The summed E-state index contributed by atoms with van der Waals surface area (Å²) in [6, 6.07) is 5.20. The Kier molecular flexibility index (Phi) is 6.69. The van der Waals surface area contributed by atoms with Crippen molar-refractivity contribution in [3.05, 3.63) is 35.6 Å². The highest BCUT2D eigenvalue weighted by molar-refractivity contribution is 5.98. The zero-order valence-electron chi connectivity index (χ0n) is 13.1. The summed E-state index contributed by atoms with van der Waals surface area (Å²) in [5.74, 6) is -1.16. The number of carbonyl (C=O) groups excluding carboxylic acids is 3. The highest BCUT2D eigenvalue weighted by atomic mass is 19.1. The van der Waals surface area contributed by atoms with Gasteiger partial charge in [0, 0.05) is 31.5 Å². The Balaban J connectivity index is 2.43. The van der Waals surface area contributed by atoms with Gasteiger partial charge in [-0.15, -0.1) is 0 Å². The van der Waals surface area contributed by atoms with Crippen molar-refractivity contribution in [1.82, 2.24) is 10.2 Å². The number of likely N-dealkylation sites (N-methyl/N-ethyl adjacent to an activating group) is 1. The van der Waals surface area contributed by atoms with Crippen LogP contribution in [0.1, 0.15) is 37.0 Å². The van der Waals surface area contributed by atoms with Crippen molar-refractivity contribution >= 4 is 17.6 Å². The number of Topliss-reactive ketones (excluding diaryl/α,β-unsaturated/α-hetero) is 1. The van der Waals surface area contributed by atoms with Gasteiger partial charge in [0.15, 0.2) is 5.78 Å². The molecule has 6 heteroatoms. The number of carbonyl (C=O) groups is 3. The van der Waals surface area contributed by atoms with Crippen LogP contribution in [-0.2, 0) is 9.59 Å². The molecule has 1 rings (SSSR count). The van der Waals surface area contributed by atoms with Crippen LogP contribution in [0.2, 0.25) is 0 Å². The third kappa shape index (κ3) is 6.03. The van der Waals surface area contributed by atoms with Gasteiger partial charge >= 0.3 is 0 Å². The first-order valence-corrected chi connectivity index (χ1v) is 7.11. The fraction of sp³-hybridized carbons (Fsp3) is 0.438. The molecule has 0 atom stereocenters. The molecule has 0 aromatic heterocycles. The zero-order chi connectivity index (χ0) is 16.7. The lowest BCUT2D eigenvalue weighted by Gasteiger charge is -2.17. The maximum atomic E-state index is 12.8. The van der Waals surface area contributed by atoms with E-state index in [9.17, 15) is 18.8 Å². The van der Waals surface area contributed by atoms with E-state index in [1.807, 2.05) is 13.8 Å². The molecule has 0 heterocycles. The average molecular weight is 308 g/mol. The van der Waals surface area contributed by atoms with Gasteiger partial charge in [0.1, 0.15) is 5.82 Å². The maximum absolute atomic E-state index is 12.8. The molecule has 0 aliphatic carbocycles. The molecule has 0 aliphatic heterocycles. The lowest BCUT2D eigenvalue weighted by Crippen LogP contribution is -2.40. The maximum Gasteiger partial charge on any atom is 0.239 e. The summed E-state index contributed by atoms with van der Waals surface area (Å²) in [7, 11) is 1.52. The summed E-state index contributed by atoms with van der Waals surface area (Å²) in [4.78, 5) is 36.6. The molecular formula is C16H21FN2O3. The van der Waals surface area contributed by atoms with Crippen molar-refractivity contribution in [2.24, 2.45) is 0 Å². The first-order chi connectivity index (χ1) is 10.3. The minimum atomic E-state index is -0.413. The molecule has 0 radical (unpaired) electrons. The van der Waals surface area contributed by atoms with Gasteiger partial charge in [0.05, 0.1) is 6.54 Å². The minimum absolute atomic E-state index is 0.0102. The number of hydrogen-bond acceptors (Lipinski definition) is 3. The number of amides is 2. The Morgan fingerprint density at radius 1 is 1.14 bits per heavy atom. The Morgan fingerprint density at radius 2 is 1.73 bits per heavy atom. The molecule has 2 amide bonds. The van der Waals surface area contributed by atoms with E-state index in [-0.39, 0.29) is 43.0 Å². The second-order valence-electron chi connectivity index (χ2n) is 5.40. The van der Waals surface area contributed by atoms with E-state index in [0.717, 1.165) is 0 Å². The summed E-state index contributed by atoms with van der Waals surface area (Å²) in [6.07, 6.45) is 0.0439. The van der Waals surface area contributed by atoms with Gasteiger partial charge < -0.3 is 10.2 Å². The van der Waals surface area contributed by atoms with Crippen molar-refractivity contribution < 1.29 is 18.8 Å². The number of nitrogens with zero attached hydrogens (tertiary/aromatic N) is 1. The van der Waals surface area contributed by atoms with Gasteiger partial charge in [-0.3, -0.25) is 14.4 Å². The average Bonchev–Trinajstić information content (AvgIpc) is 2.44. The van der Waals surface area contributed by atoms with Gasteiger partial charge in [-0.1, -0.05) is 0 Å². The number of ketones is 1. The quantitative estimate of drug-likeness (QED) is 0.781. The lowest BCUT2D eigenvalue weighted by molar-refractivity contribution is -0.134. The second-order valence-corrected chi connectivity index (χ2v) is 5.40. The molecule has 0 spiro atoms. The van der Waals surface area contributed by atoms with Gasteiger partial charge in [-0.2, -0.15) is 0 Å². The van der Waals surface area contributed by atoms with E-state index in [4.69, 9.17) is 0 Å². The van der Waals surface area contributed by atoms with Crippen LogP contribution in [-0.4, -0.2) is 42.1 Å². The van der Waals surface area contributed by atoms with Crippen molar-refractivity contribution in [2.45, 2.75) is 32.7 Å². The predicted octanol–water partition coefficient (Wildman–Crippen LogP) is 1.77. The molecule has 5 nitrogen and oxygen atoms in total. The molecule has 0 unspecified atom stereocenters. The summed E-state index contributed by atoms with van der Waals surface area (Å²) in [5.41, 5.74) is 0.370. The molecule has 0 bridgehead atoms. The highest BCUT2D eigenvalue weighted by Gasteiger charge is 2.15. The molecule has 0 saturated heterocycles. The first kappa shape index (κ1) is 17.8. The van der Waals surface area contributed by atoms with E-state index in [0.29, 0.717) is 5.56 Å². The lowest BCUT2D eigenvalue weighted by atomic mass is 10.1. The fourth-order valence-corrected chi connectivity index (χ4v) is 1.86. The second kappa shape index (κ2) is 8.26. The number of halogens is 1. The number of benzene rings is 1. The Bertz CT molecular complexity index is 541. The molecule has 22 heavy (non-hydrogen) atoms. The third-order valence-electron chi connectivity index (χ3n) is 2.99. The molecule has 0 saturated carbocycles. The normalized spacial score (nSPS) is 10.4. The molecule has 1 N–H and O–H groups in total. The number of hydrogen-bond donors (Lipinski definition) is 1. The monoisotopic (exact) mass is 308 g/mol.